The predicted octanol–water partition coefficient (Wildman–Crippen LogP) is 3.88. The Morgan fingerprint density at radius 3 is 1.92 bits per heavy atom. The maximum atomic E-state index is 12.7. The van der Waals surface area contributed by atoms with Crippen molar-refractivity contribution in [3.05, 3.63) is 107 Å². The Morgan fingerprint density at radius 2 is 1.36 bits per heavy atom. The molecule has 7 nitrogen and oxygen atoms in total. The number of nitrogens with one attached hydrogen (secondary N) is 1. The van der Waals surface area contributed by atoms with E-state index in [1.54, 1.807) is 18.2 Å². The minimum atomic E-state index is -1.11. The number of hydrogen-bond acceptors (Lipinski definition) is 5. The first-order valence-corrected chi connectivity index (χ1v) is 12.3. The van der Waals surface area contributed by atoms with Crippen LogP contribution in [0.2, 0.25) is 0 Å². The molecule has 1 fully saturated rings. The molecule has 0 spiro atoms. The molecule has 188 valence electrons. The van der Waals surface area contributed by atoms with Gasteiger partial charge < -0.3 is 15.2 Å². The number of carbonyl (C=O) groups excluding carboxylic acids is 1. The molecular formula is C29H33N3O4. The summed E-state index contributed by atoms with van der Waals surface area (Å²) in [5.74, 6) is -1.48. The zero-order valence-corrected chi connectivity index (χ0v) is 20.5. The molecule has 1 amide bonds. The molecule has 3 aromatic carbocycles. The summed E-state index contributed by atoms with van der Waals surface area (Å²) >= 11 is 0. The van der Waals surface area contributed by atoms with Gasteiger partial charge >= 0.3 is 5.97 Å². The van der Waals surface area contributed by atoms with E-state index in [4.69, 9.17) is 4.74 Å². The number of carboxylic acid groups (broad SMARTS) is 1. The molecule has 1 aliphatic heterocycles. The lowest BCUT2D eigenvalue weighted by Gasteiger charge is -2.38. The standard InChI is InChI=1S/C29H33N3O4/c1-22(30-28(33)25-14-8-9-15-26(25)29(34)35)32-18-16-31(17-19-32)20-21-36-27(23-10-4-2-5-11-23)24-12-6-3-7-13-24/h2-15,22,27H,16-21H2,1H3,(H,30,33)(H,34,35). The van der Waals surface area contributed by atoms with Crippen molar-refractivity contribution in [2.24, 2.45) is 0 Å². The highest BCUT2D eigenvalue weighted by Crippen LogP contribution is 2.25. The molecule has 1 saturated heterocycles. The van der Waals surface area contributed by atoms with Gasteiger partial charge in [-0.25, -0.2) is 4.79 Å². The molecule has 4 rings (SSSR count). The van der Waals surface area contributed by atoms with Gasteiger partial charge in [0, 0.05) is 32.7 Å². The van der Waals surface area contributed by atoms with Gasteiger partial charge in [-0.2, -0.15) is 0 Å². The lowest BCUT2D eigenvalue weighted by atomic mass is 10.0. The van der Waals surface area contributed by atoms with E-state index in [2.05, 4.69) is 39.4 Å². The van der Waals surface area contributed by atoms with Crippen LogP contribution in [-0.2, 0) is 4.74 Å². The van der Waals surface area contributed by atoms with Crippen LogP contribution in [0.5, 0.6) is 0 Å². The maximum Gasteiger partial charge on any atom is 0.336 e. The molecule has 2 N–H and O–H groups in total. The predicted molar refractivity (Wildman–Crippen MR) is 139 cm³/mol. The van der Waals surface area contributed by atoms with E-state index in [9.17, 15) is 14.7 Å². The molecule has 0 saturated carbocycles. The monoisotopic (exact) mass is 487 g/mol. The van der Waals surface area contributed by atoms with E-state index >= 15 is 0 Å². The molecule has 7 heteroatoms. The number of piperazine rings is 1. The van der Waals surface area contributed by atoms with Crippen LogP contribution in [0.25, 0.3) is 0 Å². The average Bonchev–Trinajstić information content (AvgIpc) is 2.92. The summed E-state index contributed by atoms with van der Waals surface area (Å²) in [5, 5.41) is 12.3. The van der Waals surface area contributed by atoms with E-state index in [0.717, 1.165) is 43.9 Å². The van der Waals surface area contributed by atoms with Gasteiger partial charge in [0.15, 0.2) is 0 Å². The molecule has 1 unspecified atom stereocenters. The van der Waals surface area contributed by atoms with Crippen molar-refractivity contribution in [3.63, 3.8) is 0 Å². The molecule has 1 aliphatic rings. The fraction of sp³-hybridized carbons (Fsp3) is 0.310. The largest absolute Gasteiger partial charge is 0.478 e. The second kappa shape index (κ2) is 12.4. The summed E-state index contributed by atoms with van der Waals surface area (Å²) in [6, 6.07) is 26.8. The number of aromatic carboxylic acids is 1. The fourth-order valence-corrected chi connectivity index (χ4v) is 4.54. The van der Waals surface area contributed by atoms with Crippen LogP contribution < -0.4 is 5.32 Å². The van der Waals surface area contributed by atoms with Gasteiger partial charge in [-0.3, -0.25) is 14.6 Å². The van der Waals surface area contributed by atoms with E-state index in [1.165, 1.54) is 6.07 Å². The van der Waals surface area contributed by atoms with Crippen molar-refractivity contribution in [3.8, 4) is 0 Å². The number of nitrogens with zero attached hydrogens (tertiary/aromatic N) is 2. The first-order chi connectivity index (χ1) is 17.5. The second-order valence-electron chi connectivity index (χ2n) is 8.95. The molecule has 0 aliphatic carbocycles. The Balaban J connectivity index is 1.26. The zero-order chi connectivity index (χ0) is 25.3. The summed E-state index contributed by atoms with van der Waals surface area (Å²) < 4.78 is 6.36. The van der Waals surface area contributed by atoms with Crippen molar-refractivity contribution in [2.45, 2.75) is 19.2 Å². The maximum absolute atomic E-state index is 12.7. The average molecular weight is 488 g/mol. The van der Waals surface area contributed by atoms with Crippen molar-refractivity contribution < 1.29 is 19.4 Å². The van der Waals surface area contributed by atoms with Crippen molar-refractivity contribution in [1.29, 1.82) is 0 Å². The van der Waals surface area contributed by atoms with Crippen molar-refractivity contribution in [1.82, 2.24) is 15.1 Å². The van der Waals surface area contributed by atoms with E-state index in [-0.39, 0.29) is 29.3 Å². The van der Waals surface area contributed by atoms with E-state index in [1.807, 2.05) is 43.3 Å². The molecule has 3 aromatic rings. The van der Waals surface area contributed by atoms with Crippen molar-refractivity contribution in [2.75, 3.05) is 39.3 Å². The molecule has 1 atom stereocenters. The van der Waals surface area contributed by atoms with Gasteiger partial charge in [0.05, 0.1) is 23.9 Å². The third-order valence-electron chi connectivity index (χ3n) is 6.59. The van der Waals surface area contributed by atoms with Gasteiger partial charge in [-0.05, 0) is 30.2 Å². The van der Waals surface area contributed by atoms with Gasteiger partial charge in [0.1, 0.15) is 6.10 Å². The van der Waals surface area contributed by atoms with E-state index in [0.29, 0.717) is 6.61 Å². The normalized spacial score (nSPS) is 15.5. The molecular weight excluding hydrogens is 454 g/mol. The van der Waals surface area contributed by atoms with Gasteiger partial charge in [-0.1, -0.05) is 72.8 Å². The van der Waals surface area contributed by atoms with Crippen LogP contribution in [0, 0.1) is 0 Å². The lowest BCUT2D eigenvalue weighted by molar-refractivity contribution is 0.0355. The minimum Gasteiger partial charge on any atom is -0.478 e. The quantitative estimate of drug-likeness (QED) is 0.452. The zero-order valence-electron chi connectivity index (χ0n) is 20.5. The van der Waals surface area contributed by atoms with Gasteiger partial charge in [-0.15, -0.1) is 0 Å². The first kappa shape index (κ1) is 25.6. The summed E-state index contributed by atoms with van der Waals surface area (Å²) in [4.78, 5) is 28.7. The second-order valence-corrected chi connectivity index (χ2v) is 8.95. The number of ether oxygens (including phenoxy) is 1. The number of carboxylic acids is 1. The van der Waals surface area contributed by atoms with E-state index < -0.39 is 5.97 Å². The fourth-order valence-electron chi connectivity index (χ4n) is 4.54. The third-order valence-corrected chi connectivity index (χ3v) is 6.59. The van der Waals surface area contributed by atoms with Crippen LogP contribution in [0.15, 0.2) is 84.9 Å². The Labute approximate surface area is 212 Å². The minimum absolute atomic E-state index is 0.0105. The van der Waals surface area contributed by atoms with Gasteiger partial charge in [0.2, 0.25) is 0 Å². The molecule has 0 aromatic heterocycles. The van der Waals surface area contributed by atoms with Crippen LogP contribution in [0.3, 0.4) is 0 Å². The Hall–Kier alpha value is -3.52. The van der Waals surface area contributed by atoms with Crippen LogP contribution in [-0.4, -0.2) is 72.3 Å². The highest BCUT2D eigenvalue weighted by atomic mass is 16.5. The van der Waals surface area contributed by atoms with Crippen LogP contribution in [0.1, 0.15) is 44.9 Å². The summed E-state index contributed by atoms with van der Waals surface area (Å²) in [5.41, 5.74) is 2.47. The Morgan fingerprint density at radius 1 is 0.833 bits per heavy atom. The number of hydrogen-bond donors (Lipinski definition) is 2. The summed E-state index contributed by atoms with van der Waals surface area (Å²) in [6.45, 7) is 6.74. The highest BCUT2D eigenvalue weighted by Gasteiger charge is 2.24. The molecule has 0 bridgehead atoms. The summed E-state index contributed by atoms with van der Waals surface area (Å²) in [7, 11) is 0. The van der Waals surface area contributed by atoms with Crippen LogP contribution >= 0.6 is 0 Å². The lowest BCUT2D eigenvalue weighted by Crippen LogP contribution is -2.55. The number of carbonyl (C=O) groups is 2. The topological polar surface area (TPSA) is 82.1 Å². The Kier molecular flexibility index (Phi) is 8.84. The van der Waals surface area contributed by atoms with Crippen molar-refractivity contribution >= 4 is 11.9 Å². The summed E-state index contributed by atoms with van der Waals surface area (Å²) in [6.07, 6.45) is -0.295. The van der Waals surface area contributed by atoms with Gasteiger partial charge in [0.25, 0.3) is 5.91 Å². The first-order valence-electron chi connectivity index (χ1n) is 12.3. The highest BCUT2D eigenvalue weighted by molar-refractivity contribution is 6.04. The number of benzene rings is 3. The number of amides is 1. The Bertz CT molecular complexity index is 1090. The van der Waals surface area contributed by atoms with Crippen LogP contribution in [0.4, 0.5) is 0 Å². The smallest absolute Gasteiger partial charge is 0.336 e. The molecule has 1 heterocycles. The molecule has 36 heavy (non-hydrogen) atoms. The SMILES string of the molecule is CC(NC(=O)c1ccccc1C(=O)O)N1CCN(CCOC(c2ccccc2)c2ccccc2)CC1. The third kappa shape index (κ3) is 6.57. The molecule has 0 radical (unpaired) electrons. The number of rotatable bonds is 10.